The van der Waals surface area contributed by atoms with E-state index in [9.17, 15) is 0 Å². The quantitative estimate of drug-likeness (QED) is 0.523. The first-order valence-electron chi connectivity index (χ1n) is 7.70. The number of rotatable bonds is 13. The molecule has 2 N–H and O–H groups in total. The molecular weight excluding hydrogens is 242 g/mol. The Kier molecular flexibility index (Phi) is 8.62. The van der Waals surface area contributed by atoms with Crippen molar-refractivity contribution in [1.82, 2.24) is 0 Å². The minimum absolute atomic E-state index is 0.299. The van der Waals surface area contributed by atoms with Crippen molar-refractivity contribution in [3.8, 4) is 0 Å². The van der Waals surface area contributed by atoms with Crippen LogP contribution in [0.25, 0.3) is 0 Å². The Morgan fingerprint density at radius 2 is 1.47 bits per heavy atom. The molecule has 19 heavy (non-hydrogen) atoms. The lowest BCUT2D eigenvalue weighted by molar-refractivity contribution is 0.0108. The molecule has 0 amide bonds. The largest absolute Gasteiger partial charge is 0.379 e. The zero-order chi connectivity index (χ0) is 14.0. The highest BCUT2D eigenvalue weighted by Gasteiger charge is 2.45. The van der Waals surface area contributed by atoms with E-state index in [1.54, 1.807) is 0 Å². The molecule has 0 saturated heterocycles. The highest BCUT2D eigenvalue weighted by Crippen LogP contribution is 2.50. The second kappa shape index (κ2) is 9.70. The van der Waals surface area contributed by atoms with E-state index in [0.717, 1.165) is 26.1 Å². The fourth-order valence-electron chi connectivity index (χ4n) is 2.16. The molecule has 0 heterocycles. The normalized spacial score (nSPS) is 18.5. The molecule has 0 aromatic heterocycles. The van der Waals surface area contributed by atoms with Gasteiger partial charge in [0.25, 0.3) is 0 Å². The molecule has 1 saturated carbocycles. The van der Waals surface area contributed by atoms with E-state index < -0.39 is 0 Å². The monoisotopic (exact) mass is 273 g/mol. The highest BCUT2D eigenvalue weighted by atomic mass is 16.5. The van der Waals surface area contributed by atoms with Crippen LogP contribution in [0.3, 0.4) is 0 Å². The van der Waals surface area contributed by atoms with E-state index in [4.69, 9.17) is 19.9 Å². The van der Waals surface area contributed by atoms with Crippen LogP contribution in [0.1, 0.15) is 46.0 Å². The van der Waals surface area contributed by atoms with Gasteiger partial charge in [0.2, 0.25) is 0 Å². The van der Waals surface area contributed by atoms with Crippen LogP contribution in [0.15, 0.2) is 0 Å². The third-order valence-electron chi connectivity index (χ3n) is 3.99. The van der Waals surface area contributed by atoms with Crippen molar-refractivity contribution >= 4 is 0 Å². The predicted molar refractivity (Wildman–Crippen MR) is 77.3 cm³/mol. The van der Waals surface area contributed by atoms with Gasteiger partial charge < -0.3 is 19.9 Å². The van der Waals surface area contributed by atoms with E-state index in [2.05, 4.69) is 13.8 Å². The maximum atomic E-state index is 5.97. The Bertz CT molecular complexity index is 217. The van der Waals surface area contributed by atoms with E-state index in [0.29, 0.717) is 37.9 Å². The second-order valence-corrected chi connectivity index (χ2v) is 5.59. The fraction of sp³-hybridized carbons (Fsp3) is 1.00. The molecule has 4 nitrogen and oxygen atoms in total. The van der Waals surface area contributed by atoms with Crippen LogP contribution >= 0.6 is 0 Å². The minimum Gasteiger partial charge on any atom is -0.379 e. The van der Waals surface area contributed by atoms with Crippen molar-refractivity contribution in [2.75, 3.05) is 39.6 Å². The first-order chi connectivity index (χ1) is 9.21. The van der Waals surface area contributed by atoms with Gasteiger partial charge in [-0.1, -0.05) is 13.3 Å². The van der Waals surface area contributed by atoms with Crippen LogP contribution in [0.4, 0.5) is 0 Å². The topological polar surface area (TPSA) is 53.7 Å². The third kappa shape index (κ3) is 7.25. The summed E-state index contributed by atoms with van der Waals surface area (Å²) < 4.78 is 16.4. The smallest absolute Gasteiger partial charge is 0.0701 e. The fourth-order valence-corrected chi connectivity index (χ4v) is 2.16. The van der Waals surface area contributed by atoms with Gasteiger partial charge in [-0.05, 0) is 38.0 Å². The van der Waals surface area contributed by atoms with Gasteiger partial charge in [-0.25, -0.2) is 0 Å². The van der Waals surface area contributed by atoms with Crippen LogP contribution in [0.5, 0.6) is 0 Å². The first kappa shape index (κ1) is 16.9. The summed E-state index contributed by atoms with van der Waals surface area (Å²) in [6.07, 6.45) is 5.92. The summed E-state index contributed by atoms with van der Waals surface area (Å²) in [6, 6.07) is 0.299. The van der Waals surface area contributed by atoms with E-state index in [1.807, 2.05) is 0 Å². The van der Waals surface area contributed by atoms with Crippen molar-refractivity contribution in [3.05, 3.63) is 0 Å². The standard InChI is InChI=1S/C15H31NO3/c1-3-4-8-17-10-12-19-13-11-18-9-7-15(5-6-15)14(2)16/h14H,3-13,16H2,1-2H3. The average molecular weight is 273 g/mol. The molecule has 0 bridgehead atoms. The molecule has 0 radical (unpaired) electrons. The van der Waals surface area contributed by atoms with Gasteiger partial charge in [0, 0.05) is 19.3 Å². The Morgan fingerprint density at radius 1 is 0.947 bits per heavy atom. The second-order valence-electron chi connectivity index (χ2n) is 5.59. The summed E-state index contributed by atoms with van der Waals surface area (Å²) in [5, 5.41) is 0. The molecule has 4 heteroatoms. The molecule has 1 atom stereocenters. The Hall–Kier alpha value is -0.160. The SMILES string of the molecule is CCCCOCCOCCOCCC1(C(C)N)CC1. The summed E-state index contributed by atoms with van der Waals surface area (Å²) >= 11 is 0. The molecule has 1 fully saturated rings. The molecule has 1 rings (SSSR count). The van der Waals surface area contributed by atoms with Crippen LogP contribution in [-0.2, 0) is 14.2 Å². The lowest BCUT2D eigenvalue weighted by Crippen LogP contribution is -2.29. The molecule has 114 valence electrons. The molecule has 1 aliphatic rings. The molecule has 0 aromatic carbocycles. The van der Waals surface area contributed by atoms with Gasteiger partial charge in [-0.2, -0.15) is 0 Å². The number of ether oxygens (including phenoxy) is 3. The van der Waals surface area contributed by atoms with Crippen molar-refractivity contribution in [2.24, 2.45) is 11.1 Å². The predicted octanol–water partition coefficient (Wildman–Crippen LogP) is 2.35. The van der Waals surface area contributed by atoms with E-state index in [-0.39, 0.29) is 0 Å². The van der Waals surface area contributed by atoms with Crippen molar-refractivity contribution < 1.29 is 14.2 Å². The van der Waals surface area contributed by atoms with Gasteiger partial charge in [0.15, 0.2) is 0 Å². The first-order valence-corrected chi connectivity index (χ1v) is 7.70. The third-order valence-corrected chi connectivity index (χ3v) is 3.99. The molecule has 1 unspecified atom stereocenters. The Labute approximate surface area is 118 Å². The summed E-state index contributed by atoms with van der Waals surface area (Å²) in [5.74, 6) is 0. The summed E-state index contributed by atoms with van der Waals surface area (Å²) in [6.45, 7) is 8.59. The van der Waals surface area contributed by atoms with Crippen LogP contribution < -0.4 is 5.73 Å². The molecule has 0 spiro atoms. The number of hydrogen-bond acceptors (Lipinski definition) is 4. The molecule has 0 aliphatic heterocycles. The minimum atomic E-state index is 0.299. The maximum absolute atomic E-state index is 5.97. The highest BCUT2D eigenvalue weighted by molar-refractivity contribution is 4.98. The zero-order valence-electron chi connectivity index (χ0n) is 12.7. The number of unbranched alkanes of at least 4 members (excludes halogenated alkanes) is 1. The van der Waals surface area contributed by atoms with E-state index >= 15 is 0 Å². The summed E-state index contributed by atoms with van der Waals surface area (Å²) in [7, 11) is 0. The van der Waals surface area contributed by atoms with Crippen LogP contribution in [0.2, 0.25) is 0 Å². The van der Waals surface area contributed by atoms with Gasteiger partial charge in [-0.3, -0.25) is 0 Å². The Balaban J connectivity index is 1.77. The zero-order valence-corrected chi connectivity index (χ0v) is 12.7. The summed E-state index contributed by atoms with van der Waals surface area (Å²) in [4.78, 5) is 0. The lowest BCUT2D eigenvalue weighted by atomic mass is 9.95. The number of nitrogens with two attached hydrogens (primary N) is 1. The Morgan fingerprint density at radius 3 is 1.95 bits per heavy atom. The van der Waals surface area contributed by atoms with E-state index in [1.165, 1.54) is 19.3 Å². The van der Waals surface area contributed by atoms with Crippen molar-refractivity contribution in [2.45, 2.75) is 52.0 Å². The van der Waals surface area contributed by atoms with Crippen LogP contribution in [-0.4, -0.2) is 45.7 Å². The van der Waals surface area contributed by atoms with Gasteiger partial charge in [-0.15, -0.1) is 0 Å². The average Bonchev–Trinajstić information content (AvgIpc) is 3.17. The van der Waals surface area contributed by atoms with Gasteiger partial charge in [0.05, 0.1) is 26.4 Å². The van der Waals surface area contributed by atoms with Gasteiger partial charge >= 0.3 is 0 Å². The van der Waals surface area contributed by atoms with Crippen molar-refractivity contribution in [3.63, 3.8) is 0 Å². The van der Waals surface area contributed by atoms with Crippen LogP contribution in [0, 0.1) is 5.41 Å². The van der Waals surface area contributed by atoms with Gasteiger partial charge in [0.1, 0.15) is 0 Å². The number of hydrogen-bond donors (Lipinski definition) is 1. The molecular formula is C15H31NO3. The maximum Gasteiger partial charge on any atom is 0.0701 e. The summed E-state index contributed by atoms with van der Waals surface area (Å²) in [5.41, 5.74) is 6.35. The lowest BCUT2D eigenvalue weighted by Gasteiger charge is -2.19. The van der Waals surface area contributed by atoms with Crippen molar-refractivity contribution in [1.29, 1.82) is 0 Å². The molecule has 0 aromatic rings. The molecule has 1 aliphatic carbocycles.